The monoisotopic (exact) mass is 452 g/mol. The highest BCUT2D eigenvalue weighted by Crippen LogP contribution is 2.49. The zero-order chi connectivity index (χ0) is 20.8. The Morgan fingerprint density at radius 3 is 2.04 bits per heavy atom. The van der Waals surface area contributed by atoms with Crippen LogP contribution in [-0.4, -0.2) is 49.9 Å². The van der Waals surface area contributed by atoms with Crippen molar-refractivity contribution in [3.05, 3.63) is 29.8 Å². The summed E-state index contributed by atoms with van der Waals surface area (Å²) in [6.45, 7) is 5.71. The molecule has 0 aromatic heterocycles. The van der Waals surface area contributed by atoms with Gasteiger partial charge >= 0.3 is 19.8 Å². The van der Waals surface area contributed by atoms with Crippen LogP contribution >= 0.6 is 29.4 Å². The van der Waals surface area contributed by atoms with Crippen LogP contribution in [-0.2, 0) is 27.7 Å². The van der Waals surface area contributed by atoms with E-state index in [-0.39, 0.29) is 26.4 Å². The third kappa shape index (κ3) is 10.5. The van der Waals surface area contributed by atoms with Crippen molar-refractivity contribution in [3.63, 3.8) is 0 Å². The van der Waals surface area contributed by atoms with Crippen molar-refractivity contribution in [3.8, 4) is 5.75 Å². The molecule has 0 bridgehead atoms. The maximum Gasteiger partial charge on any atom is 0.474 e. The number of phosphoric acid groups is 1. The van der Waals surface area contributed by atoms with Gasteiger partial charge in [0.25, 0.3) is 0 Å². The average Bonchev–Trinajstić information content (AvgIpc) is 2.64. The molecule has 28 heavy (non-hydrogen) atoms. The average molecular weight is 452 g/mol. The van der Waals surface area contributed by atoms with Gasteiger partial charge in [-0.1, -0.05) is 21.6 Å². The topological polar surface area (TPSA) is 97.4 Å². The summed E-state index contributed by atoms with van der Waals surface area (Å²) in [7, 11) is -0.446. The molecule has 0 N–H and O–H groups in total. The summed E-state index contributed by atoms with van der Waals surface area (Å²) in [4.78, 5) is 22.8. The molecule has 0 radical (unpaired) electrons. The largest absolute Gasteiger partial charge is 0.474 e. The summed E-state index contributed by atoms with van der Waals surface area (Å²) in [5.41, 5.74) is 0.379. The number of esters is 2. The Labute approximate surface area is 173 Å². The molecule has 0 saturated heterocycles. The molecule has 8 nitrogen and oxygen atoms in total. The van der Waals surface area contributed by atoms with Gasteiger partial charge in [0.2, 0.25) is 0 Å². The number of carbonyl (C=O) groups excluding carboxylic acids is 2. The van der Waals surface area contributed by atoms with E-state index >= 15 is 0 Å². The number of hydrogen-bond donors (Lipinski definition) is 0. The Morgan fingerprint density at radius 1 is 0.929 bits per heavy atom. The Hall–Kier alpha value is -1.03. The molecule has 1 aromatic rings. The molecule has 0 aliphatic carbocycles. The van der Waals surface area contributed by atoms with Crippen LogP contribution in [0.5, 0.6) is 5.75 Å². The molecule has 1 aromatic carbocycles. The fourth-order valence-corrected chi connectivity index (χ4v) is 4.75. The van der Waals surface area contributed by atoms with Gasteiger partial charge < -0.3 is 9.47 Å². The van der Waals surface area contributed by atoms with Crippen LogP contribution < -0.4 is 4.74 Å². The lowest BCUT2D eigenvalue weighted by Gasteiger charge is -2.15. The lowest BCUT2D eigenvalue weighted by Crippen LogP contribution is -2.08. The van der Waals surface area contributed by atoms with Crippen LogP contribution in [0, 0.1) is 0 Å². The van der Waals surface area contributed by atoms with Gasteiger partial charge in [-0.05, 0) is 38.1 Å². The van der Waals surface area contributed by atoms with Gasteiger partial charge in [-0.15, -0.1) is 0 Å². The first kappa shape index (κ1) is 25.0. The fraction of sp³-hybridized carbons (Fsp3) is 0.529. The van der Waals surface area contributed by atoms with Crippen molar-refractivity contribution in [2.75, 3.05) is 37.9 Å². The van der Waals surface area contributed by atoms with Crippen LogP contribution in [0.1, 0.15) is 31.1 Å². The maximum absolute atomic E-state index is 12.1. The number of benzene rings is 1. The Bertz CT molecular complexity index is 643. The van der Waals surface area contributed by atoms with E-state index in [1.807, 2.05) is 0 Å². The van der Waals surface area contributed by atoms with Gasteiger partial charge in [0.05, 0.1) is 25.4 Å². The number of ether oxygens (including phenoxy) is 2. The first-order valence-electron chi connectivity index (χ1n) is 8.64. The van der Waals surface area contributed by atoms with Gasteiger partial charge in [0.1, 0.15) is 12.4 Å². The molecule has 0 spiro atoms. The van der Waals surface area contributed by atoms with E-state index in [1.165, 1.54) is 52.8 Å². The van der Waals surface area contributed by atoms with Crippen LogP contribution in [0.4, 0.5) is 0 Å². The van der Waals surface area contributed by atoms with E-state index in [4.69, 9.17) is 23.0 Å². The SMILES string of the molecule is CCOP(=O)(OCC)OCCSSCCOC(=O)c1ccc(OC(C)=O)cc1. The van der Waals surface area contributed by atoms with Gasteiger partial charge in [-0.2, -0.15) is 0 Å². The number of hydrogen-bond acceptors (Lipinski definition) is 10. The fourth-order valence-electron chi connectivity index (χ4n) is 1.81. The van der Waals surface area contributed by atoms with Crippen molar-refractivity contribution in [2.24, 2.45) is 0 Å². The molecule has 11 heteroatoms. The second kappa shape index (κ2) is 14.0. The predicted octanol–water partition coefficient (Wildman–Crippen LogP) is 4.35. The minimum atomic E-state index is -3.46. The first-order chi connectivity index (χ1) is 13.4. The van der Waals surface area contributed by atoms with Gasteiger partial charge in [-0.25, -0.2) is 9.36 Å². The Kier molecular flexibility index (Phi) is 12.5. The molecule has 0 unspecified atom stereocenters. The Balaban J connectivity index is 2.16. The van der Waals surface area contributed by atoms with Crippen LogP contribution in [0.25, 0.3) is 0 Å². The molecule has 0 heterocycles. The molecule has 0 atom stereocenters. The van der Waals surface area contributed by atoms with E-state index in [0.29, 0.717) is 22.8 Å². The van der Waals surface area contributed by atoms with E-state index < -0.39 is 19.8 Å². The maximum atomic E-state index is 12.1. The standard InChI is InChI=1S/C17H25O8PS2/c1-4-22-26(20,23-5-2)24-11-13-28-27-12-10-21-17(19)15-6-8-16(9-7-15)25-14(3)18/h6-9H,4-5,10-13H2,1-3H3. The number of carbonyl (C=O) groups is 2. The summed E-state index contributed by atoms with van der Waals surface area (Å²) >= 11 is 0. The van der Waals surface area contributed by atoms with E-state index in [0.717, 1.165) is 0 Å². The van der Waals surface area contributed by atoms with Gasteiger partial charge in [0, 0.05) is 18.4 Å². The highest BCUT2D eigenvalue weighted by Gasteiger charge is 2.24. The summed E-state index contributed by atoms with van der Waals surface area (Å²) in [5.74, 6) is 0.680. The molecule has 0 saturated carbocycles. The highest BCUT2D eigenvalue weighted by atomic mass is 33.1. The summed E-state index contributed by atoms with van der Waals surface area (Å²) in [6.07, 6.45) is 0. The zero-order valence-corrected chi connectivity index (χ0v) is 18.6. The third-order valence-corrected chi connectivity index (χ3v) is 6.81. The third-order valence-electron chi connectivity index (χ3n) is 2.83. The zero-order valence-electron chi connectivity index (χ0n) is 16.1. The number of rotatable bonds is 14. The molecule has 0 amide bonds. The van der Waals surface area contributed by atoms with Crippen LogP contribution in [0.3, 0.4) is 0 Å². The van der Waals surface area contributed by atoms with E-state index in [2.05, 4.69) is 0 Å². The number of phosphoric ester groups is 1. The second-order valence-corrected chi connectivity index (χ2v) is 9.39. The van der Waals surface area contributed by atoms with E-state index in [9.17, 15) is 14.2 Å². The predicted molar refractivity (Wildman–Crippen MR) is 110 cm³/mol. The molecular formula is C17H25O8PS2. The molecule has 0 fully saturated rings. The minimum Gasteiger partial charge on any atom is -0.461 e. The van der Waals surface area contributed by atoms with Crippen LogP contribution in [0.2, 0.25) is 0 Å². The lowest BCUT2D eigenvalue weighted by molar-refractivity contribution is -0.131. The highest BCUT2D eigenvalue weighted by molar-refractivity contribution is 8.76. The second-order valence-electron chi connectivity index (χ2n) is 5.01. The summed E-state index contributed by atoms with van der Waals surface area (Å²) in [6, 6.07) is 6.14. The quantitative estimate of drug-likeness (QED) is 0.133. The summed E-state index contributed by atoms with van der Waals surface area (Å²) in [5, 5.41) is 0. The normalized spacial score (nSPS) is 11.2. The van der Waals surface area contributed by atoms with Crippen molar-refractivity contribution in [1.82, 2.24) is 0 Å². The molecule has 0 aliphatic rings. The lowest BCUT2D eigenvalue weighted by atomic mass is 10.2. The minimum absolute atomic E-state index is 0.226. The Morgan fingerprint density at radius 2 is 1.50 bits per heavy atom. The molecule has 1 rings (SSSR count). The van der Waals surface area contributed by atoms with Crippen molar-refractivity contribution in [1.29, 1.82) is 0 Å². The molecule has 0 aliphatic heterocycles. The first-order valence-corrected chi connectivity index (χ1v) is 12.6. The van der Waals surface area contributed by atoms with Crippen molar-refractivity contribution >= 4 is 41.3 Å². The molecular weight excluding hydrogens is 427 g/mol. The smallest absolute Gasteiger partial charge is 0.461 e. The van der Waals surface area contributed by atoms with Crippen molar-refractivity contribution in [2.45, 2.75) is 20.8 Å². The summed E-state index contributed by atoms with van der Waals surface area (Å²) < 4.78 is 37.4. The van der Waals surface area contributed by atoms with Crippen molar-refractivity contribution < 1.29 is 37.2 Å². The molecule has 158 valence electrons. The van der Waals surface area contributed by atoms with E-state index in [1.54, 1.807) is 13.8 Å². The van der Waals surface area contributed by atoms with Gasteiger partial charge in [0.15, 0.2) is 0 Å². The van der Waals surface area contributed by atoms with Gasteiger partial charge in [-0.3, -0.25) is 18.4 Å². The van der Waals surface area contributed by atoms with Crippen LogP contribution in [0.15, 0.2) is 24.3 Å².